The first kappa shape index (κ1) is 21.9. The van der Waals surface area contributed by atoms with Gasteiger partial charge in [0.25, 0.3) is 5.91 Å². The van der Waals surface area contributed by atoms with Crippen LogP contribution in [0.15, 0.2) is 71.6 Å². The second-order valence-electron chi connectivity index (χ2n) is 7.44. The molecule has 3 aromatic rings. The zero-order valence-electron chi connectivity index (χ0n) is 17.3. The monoisotopic (exact) mass is 449 g/mol. The van der Waals surface area contributed by atoms with Crippen molar-refractivity contribution in [2.75, 3.05) is 11.1 Å². The Morgan fingerprint density at radius 2 is 1.81 bits per heavy atom. The lowest BCUT2D eigenvalue weighted by molar-refractivity contribution is -0.137. The van der Waals surface area contributed by atoms with E-state index in [2.05, 4.69) is 5.32 Å². The molecule has 0 saturated heterocycles. The first-order valence-corrected chi connectivity index (χ1v) is 11.3. The van der Waals surface area contributed by atoms with Crippen LogP contribution in [-0.4, -0.2) is 27.8 Å². The highest BCUT2D eigenvalue weighted by Gasteiger charge is 2.24. The molecular weight excluding hydrogens is 426 g/mol. The highest BCUT2D eigenvalue weighted by atomic mass is 32.2. The van der Waals surface area contributed by atoms with Crippen molar-refractivity contribution < 1.29 is 24.5 Å². The van der Waals surface area contributed by atoms with Crippen LogP contribution in [0.2, 0.25) is 0 Å². The molecular formula is C25H23NO5S. The summed E-state index contributed by atoms with van der Waals surface area (Å²) in [6.45, 7) is 0.359. The number of carbonyl (C=O) groups excluding carboxylic acids is 1. The van der Waals surface area contributed by atoms with E-state index in [4.69, 9.17) is 9.84 Å². The lowest BCUT2D eigenvalue weighted by atomic mass is 9.96. The highest BCUT2D eigenvalue weighted by molar-refractivity contribution is 7.99. The third kappa shape index (κ3) is 4.95. The standard InChI is InChI=1S/C25H23NO5S/c27-23(28)10-5-13-32-22-9-4-3-8-20(22)26-25(30)16-11-12-21-19(14-16)24(29)18-7-2-1-6-17(18)15-31-21/h1-4,6-9,11-12,14,24,29H,5,10,13,15H2,(H,26,30)(H,27,28). The molecule has 0 aromatic heterocycles. The molecule has 4 rings (SSSR count). The Kier molecular flexibility index (Phi) is 6.78. The number of benzene rings is 3. The fourth-order valence-electron chi connectivity index (χ4n) is 3.59. The molecule has 6 nitrogen and oxygen atoms in total. The fraction of sp³-hybridized carbons (Fsp3) is 0.200. The number of rotatable bonds is 7. The molecule has 32 heavy (non-hydrogen) atoms. The maximum atomic E-state index is 13.0. The van der Waals surface area contributed by atoms with Gasteiger partial charge in [-0.3, -0.25) is 9.59 Å². The summed E-state index contributed by atoms with van der Waals surface area (Å²) in [6, 6.07) is 20.0. The molecule has 0 fully saturated rings. The van der Waals surface area contributed by atoms with Gasteiger partial charge < -0.3 is 20.3 Å². The van der Waals surface area contributed by atoms with Gasteiger partial charge in [0.1, 0.15) is 18.5 Å². The van der Waals surface area contributed by atoms with Crippen molar-refractivity contribution in [1.82, 2.24) is 0 Å². The van der Waals surface area contributed by atoms with Crippen LogP contribution in [0.5, 0.6) is 5.75 Å². The molecule has 3 N–H and O–H groups in total. The van der Waals surface area contributed by atoms with Gasteiger partial charge in [-0.05, 0) is 53.6 Å². The summed E-state index contributed by atoms with van der Waals surface area (Å²) in [5.41, 5.74) is 3.31. The second-order valence-corrected chi connectivity index (χ2v) is 8.58. The quantitative estimate of drug-likeness (QED) is 0.352. The van der Waals surface area contributed by atoms with Crippen LogP contribution < -0.4 is 10.1 Å². The molecule has 1 heterocycles. The SMILES string of the molecule is O=C(O)CCCSc1ccccc1NC(=O)c1ccc2c(c1)C(O)c1ccccc1CO2. The molecule has 0 bridgehead atoms. The van der Waals surface area contributed by atoms with Crippen molar-refractivity contribution in [3.05, 3.63) is 89.0 Å². The average Bonchev–Trinajstić information content (AvgIpc) is 2.94. The van der Waals surface area contributed by atoms with Crippen molar-refractivity contribution >= 4 is 29.3 Å². The number of aliphatic hydroxyl groups excluding tert-OH is 1. The number of aliphatic carboxylic acids is 1. The highest BCUT2D eigenvalue weighted by Crippen LogP contribution is 2.36. The number of anilines is 1. The number of fused-ring (bicyclic) bond motifs is 2. The van der Waals surface area contributed by atoms with Crippen molar-refractivity contribution in [2.24, 2.45) is 0 Å². The molecule has 0 aliphatic carbocycles. The van der Waals surface area contributed by atoms with E-state index in [9.17, 15) is 14.7 Å². The number of hydrogen-bond acceptors (Lipinski definition) is 5. The Balaban J connectivity index is 1.52. The largest absolute Gasteiger partial charge is 0.488 e. The van der Waals surface area contributed by atoms with E-state index in [0.717, 1.165) is 16.0 Å². The lowest BCUT2D eigenvalue weighted by Gasteiger charge is -2.15. The van der Waals surface area contributed by atoms with Gasteiger partial charge in [0.2, 0.25) is 0 Å². The van der Waals surface area contributed by atoms with Crippen LogP contribution in [0.25, 0.3) is 0 Å². The molecule has 1 aliphatic heterocycles. The number of para-hydroxylation sites is 1. The van der Waals surface area contributed by atoms with Gasteiger partial charge in [0, 0.05) is 22.4 Å². The third-order valence-electron chi connectivity index (χ3n) is 5.23. The van der Waals surface area contributed by atoms with Gasteiger partial charge in [-0.15, -0.1) is 11.8 Å². The Hall–Kier alpha value is -3.29. The third-order valence-corrected chi connectivity index (χ3v) is 6.39. The molecule has 1 aliphatic rings. The molecule has 7 heteroatoms. The normalized spacial score (nSPS) is 14.5. The maximum Gasteiger partial charge on any atom is 0.303 e. The number of ether oxygens (including phenoxy) is 1. The molecule has 3 aromatic carbocycles. The average molecular weight is 450 g/mol. The van der Waals surface area contributed by atoms with Crippen molar-refractivity contribution in [3.63, 3.8) is 0 Å². The number of carboxylic acids is 1. The van der Waals surface area contributed by atoms with E-state index in [1.807, 2.05) is 48.5 Å². The molecule has 0 spiro atoms. The van der Waals surface area contributed by atoms with Gasteiger partial charge in [0.05, 0.1) is 5.69 Å². The van der Waals surface area contributed by atoms with Gasteiger partial charge in [-0.2, -0.15) is 0 Å². The van der Waals surface area contributed by atoms with Crippen LogP contribution in [-0.2, 0) is 11.4 Å². The van der Waals surface area contributed by atoms with Crippen molar-refractivity contribution in [1.29, 1.82) is 0 Å². The van der Waals surface area contributed by atoms with Crippen LogP contribution in [0, 0.1) is 0 Å². The summed E-state index contributed by atoms with van der Waals surface area (Å²) in [6.07, 6.45) is -0.218. The topological polar surface area (TPSA) is 95.9 Å². The summed E-state index contributed by atoms with van der Waals surface area (Å²) in [4.78, 5) is 24.6. The van der Waals surface area contributed by atoms with Gasteiger partial charge in [-0.1, -0.05) is 36.4 Å². The Morgan fingerprint density at radius 3 is 2.66 bits per heavy atom. The van der Waals surface area contributed by atoms with Crippen LogP contribution in [0.3, 0.4) is 0 Å². The first-order chi connectivity index (χ1) is 15.5. The van der Waals surface area contributed by atoms with E-state index in [-0.39, 0.29) is 12.3 Å². The summed E-state index contributed by atoms with van der Waals surface area (Å²) in [5, 5.41) is 22.7. The maximum absolute atomic E-state index is 13.0. The van der Waals surface area contributed by atoms with E-state index in [1.165, 1.54) is 11.8 Å². The molecule has 1 atom stereocenters. The molecule has 1 amide bonds. The van der Waals surface area contributed by atoms with Crippen molar-refractivity contribution in [3.8, 4) is 5.75 Å². The number of carbonyl (C=O) groups is 2. The van der Waals surface area contributed by atoms with Crippen LogP contribution >= 0.6 is 11.8 Å². The number of thioether (sulfide) groups is 1. The lowest BCUT2D eigenvalue weighted by Crippen LogP contribution is -2.13. The van der Waals surface area contributed by atoms with E-state index in [0.29, 0.717) is 41.3 Å². The Bertz CT molecular complexity index is 1150. The number of carboxylic acid groups (broad SMARTS) is 1. The number of hydrogen-bond donors (Lipinski definition) is 3. The van der Waals surface area contributed by atoms with Gasteiger partial charge >= 0.3 is 5.97 Å². The fourth-order valence-corrected chi connectivity index (χ4v) is 4.54. The van der Waals surface area contributed by atoms with E-state index >= 15 is 0 Å². The van der Waals surface area contributed by atoms with E-state index in [1.54, 1.807) is 18.2 Å². The zero-order valence-corrected chi connectivity index (χ0v) is 18.1. The minimum Gasteiger partial charge on any atom is -0.488 e. The smallest absolute Gasteiger partial charge is 0.303 e. The predicted octanol–water partition coefficient (Wildman–Crippen LogP) is 4.87. The minimum atomic E-state index is -0.881. The van der Waals surface area contributed by atoms with E-state index < -0.39 is 12.1 Å². The van der Waals surface area contributed by atoms with Gasteiger partial charge in [0.15, 0.2) is 0 Å². The summed E-state index contributed by atoms with van der Waals surface area (Å²) < 4.78 is 5.85. The summed E-state index contributed by atoms with van der Waals surface area (Å²) in [5.74, 6) is 0.0842. The van der Waals surface area contributed by atoms with Crippen LogP contribution in [0.1, 0.15) is 46.0 Å². The van der Waals surface area contributed by atoms with Crippen LogP contribution in [0.4, 0.5) is 5.69 Å². The molecule has 0 saturated carbocycles. The molecule has 164 valence electrons. The number of nitrogens with one attached hydrogen (secondary N) is 1. The minimum absolute atomic E-state index is 0.115. The summed E-state index contributed by atoms with van der Waals surface area (Å²) in [7, 11) is 0. The Morgan fingerprint density at radius 1 is 1.03 bits per heavy atom. The number of amides is 1. The second kappa shape index (κ2) is 9.89. The number of aliphatic hydroxyl groups is 1. The first-order valence-electron chi connectivity index (χ1n) is 10.3. The van der Waals surface area contributed by atoms with Crippen molar-refractivity contribution in [2.45, 2.75) is 30.4 Å². The zero-order chi connectivity index (χ0) is 22.5. The predicted molar refractivity (Wildman–Crippen MR) is 123 cm³/mol. The molecule has 0 radical (unpaired) electrons. The molecule has 1 unspecified atom stereocenters. The Labute approximate surface area is 190 Å². The summed E-state index contributed by atoms with van der Waals surface area (Å²) >= 11 is 1.51. The van der Waals surface area contributed by atoms with Gasteiger partial charge in [-0.25, -0.2) is 0 Å².